The number of ether oxygens (including phenoxy) is 1. The summed E-state index contributed by atoms with van der Waals surface area (Å²) in [4.78, 5) is 24.5. The van der Waals surface area contributed by atoms with Gasteiger partial charge in [0.1, 0.15) is 0 Å². The number of hydrogen-bond donors (Lipinski definition) is 1. The van der Waals surface area contributed by atoms with Gasteiger partial charge in [0.15, 0.2) is 0 Å². The first-order valence-corrected chi connectivity index (χ1v) is 10.6. The van der Waals surface area contributed by atoms with Crippen molar-refractivity contribution in [1.29, 1.82) is 0 Å². The SMILES string of the molecule is CCOC(=O)c1ccc(NC(=O)c2cc(N(C)S(C)(=O)=O)ccc2Cl)c(C)c1. The molecule has 0 aliphatic carbocycles. The molecule has 0 saturated heterocycles. The van der Waals surface area contributed by atoms with Gasteiger partial charge in [0, 0.05) is 12.7 Å². The molecule has 0 bridgehead atoms. The third kappa shape index (κ3) is 5.02. The Bertz CT molecular complexity index is 1020. The monoisotopic (exact) mass is 424 g/mol. The summed E-state index contributed by atoms with van der Waals surface area (Å²) in [6.45, 7) is 3.74. The van der Waals surface area contributed by atoms with Gasteiger partial charge in [-0.1, -0.05) is 11.6 Å². The van der Waals surface area contributed by atoms with Crippen LogP contribution in [0, 0.1) is 6.92 Å². The Morgan fingerprint density at radius 1 is 1.18 bits per heavy atom. The molecule has 0 aliphatic rings. The van der Waals surface area contributed by atoms with Gasteiger partial charge in [-0.05, 0) is 55.8 Å². The molecular weight excluding hydrogens is 404 g/mol. The molecule has 0 unspecified atom stereocenters. The number of benzene rings is 2. The number of sulfonamides is 1. The number of nitrogens with one attached hydrogen (secondary N) is 1. The second-order valence-electron chi connectivity index (χ2n) is 6.10. The van der Waals surface area contributed by atoms with Gasteiger partial charge in [0.25, 0.3) is 5.91 Å². The lowest BCUT2D eigenvalue weighted by Crippen LogP contribution is -2.25. The smallest absolute Gasteiger partial charge is 0.338 e. The van der Waals surface area contributed by atoms with Gasteiger partial charge in [0.05, 0.1) is 34.7 Å². The second-order valence-corrected chi connectivity index (χ2v) is 8.52. The molecule has 0 fully saturated rings. The van der Waals surface area contributed by atoms with Gasteiger partial charge in [-0.25, -0.2) is 13.2 Å². The van der Waals surface area contributed by atoms with E-state index in [-0.39, 0.29) is 17.2 Å². The Morgan fingerprint density at radius 3 is 2.43 bits per heavy atom. The van der Waals surface area contributed by atoms with Crippen LogP contribution in [-0.4, -0.2) is 40.2 Å². The summed E-state index contributed by atoms with van der Waals surface area (Å²) in [6.07, 6.45) is 1.07. The topological polar surface area (TPSA) is 92.8 Å². The van der Waals surface area contributed by atoms with E-state index in [0.29, 0.717) is 22.5 Å². The van der Waals surface area contributed by atoms with Crippen molar-refractivity contribution in [3.05, 3.63) is 58.1 Å². The zero-order valence-corrected chi connectivity index (χ0v) is 17.5. The number of halogens is 1. The maximum absolute atomic E-state index is 12.7. The van der Waals surface area contributed by atoms with Crippen molar-refractivity contribution in [3.8, 4) is 0 Å². The minimum absolute atomic E-state index is 0.128. The molecule has 0 saturated carbocycles. The first-order chi connectivity index (χ1) is 13.0. The highest BCUT2D eigenvalue weighted by atomic mass is 35.5. The van der Waals surface area contributed by atoms with E-state index >= 15 is 0 Å². The van der Waals surface area contributed by atoms with E-state index in [2.05, 4.69) is 5.32 Å². The lowest BCUT2D eigenvalue weighted by molar-refractivity contribution is 0.0526. The molecule has 2 aromatic carbocycles. The molecule has 0 heterocycles. The normalized spacial score (nSPS) is 11.0. The van der Waals surface area contributed by atoms with Crippen molar-refractivity contribution in [3.63, 3.8) is 0 Å². The van der Waals surface area contributed by atoms with Crippen LogP contribution in [0.15, 0.2) is 36.4 Å². The van der Waals surface area contributed by atoms with E-state index < -0.39 is 21.9 Å². The van der Waals surface area contributed by atoms with E-state index in [1.807, 2.05) is 0 Å². The highest BCUT2D eigenvalue weighted by molar-refractivity contribution is 7.92. The number of esters is 1. The van der Waals surface area contributed by atoms with Gasteiger partial charge >= 0.3 is 5.97 Å². The van der Waals surface area contributed by atoms with E-state index in [0.717, 1.165) is 10.6 Å². The van der Waals surface area contributed by atoms with Crippen LogP contribution in [0.25, 0.3) is 0 Å². The maximum Gasteiger partial charge on any atom is 0.338 e. The van der Waals surface area contributed by atoms with Gasteiger partial charge in [-0.3, -0.25) is 9.10 Å². The van der Waals surface area contributed by atoms with Crippen LogP contribution in [0.2, 0.25) is 5.02 Å². The van der Waals surface area contributed by atoms with Crippen LogP contribution < -0.4 is 9.62 Å². The molecular formula is C19H21ClN2O5S. The number of hydrogen-bond acceptors (Lipinski definition) is 5. The average molecular weight is 425 g/mol. The van der Waals surface area contributed by atoms with E-state index in [9.17, 15) is 18.0 Å². The number of anilines is 2. The Labute approximate surface area is 169 Å². The lowest BCUT2D eigenvalue weighted by Gasteiger charge is -2.18. The quantitative estimate of drug-likeness (QED) is 0.716. The van der Waals surface area contributed by atoms with Gasteiger partial charge in [-0.15, -0.1) is 0 Å². The highest BCUT2D eigenvalue weighted by Gasteiger charge is 2.18. The van der Waals surface area contributed by atoms with Crippen LogP contribution in [0.5, 0.6) is 0 Å². The van der Waals surface area contributed by atoms with Crippen molar-refractivity contribution in [2.24, 2.45) is 0 Å². The number of nitrogens with zero attached hydrogens (tertiary/aromatic N) is 1. The molecule has 150 valence electrons. The van der Waals surface area contributed by atoms with Crippen molar-refractivity contribution in [1.82, 2.24) is 0 Å². The average Bonchev–Trinajstić information content (AvgIpc) is 2.62. The molecule has 2 aromatic rings. The molecule has 28 heavy (non-hydrogen) atoms. The van der Waals surface area contributed by atoms with Crippen molar-refractivity contribution in [2.45, 2.75) is 13.8 Å². The van der Waals surface area contributed by atoms with Gasteiger partial charge in [-0.2, -0.15) is 0 Å². The molecule has 0 spiro atoms. The van der Waals surface area contributed by atoms with E-state index in [1.54, 1.807) is 32.0 Å². The molecule has 0 aliphatic heterocycles. The number of amides is 1. The fourth-order valence-corrected chi connectivity index (χ4v) is 3.11. The number of rotatable bonds is 6. The van der Waals surface area contributed by atoms with E-state index in [1.165, 1.54) is 25.2 Å². The summed E-state index contributed by atoms with van der Waals surface area (Å²) < 4.78 is 29.5. The Morgan fingerprint density at radius 2 is 1.86 bits per heavy atom. The van der Waals surface area contributed by atoms with Gasteiger partial charge in [0.2, 0.25) is 10.0 Å². The standard InChI is InChI=1S/C19H21ClN2O5S/c1-5-27-19(24)13-6-9-17(12(2)10-13)21-18(23)15-11-14(7-8-16(15)20)22(3)28(4,25)26/h6-11H,5H2,1-4H3,(H,21,23). The Hall–Kier alpha value is -2.58. The largest absolute Gasteiger partial charge is 0.462 e. The van der Waals surface area contributed by atoms with Crippen molar-refractivity contribution in [2.75, 3.05) is 29.5 Å². The zero-order valence-electron chi connectivity index (χ0n) is 15.9. The minimum Gasteiger partial charge on any atom is -0.462 e. The molecule has 1 N–H and O–H groups in total. The van der Waals surface area contributed by atoms with Gasteiger partial charge < -0.3 is 10.1 Å². The van der Waals surface area contributed by atoms with E-state index in [4.69, 9.17) is 16.3 Å². The third-order valence-corrected chi connectivity index (χ3v) is 5.58. The van der Waals surface area contributed by atoms with Crippen LogP contribution in [0.3, 0.4) is 0 Å². The maximum atomic E-state index is 12.7. The third-order valence-electron chi connectivity index (χ3n) is 4.04. The Balaban J connectivity index is 2.29. The zero-order chi connectivity index (χ0) is 21.1. The molecule has 1 amide bonds. The summed E-state index contributed by atoms with van der Waals surface area (Å²) in [5.41, 5.74) is 1.98. The summed E-state index contributed by atoms with van der Waals surface area (Å²) >= 11 is 6.13. The van der Waals surface area contributed by atoms with Crippen molar-refractivity contribution >= 4 is 44.9 Å². The molecule has 0 radical (unpaired) electrons. The van der Waals surface area contributed by atoms with Crippen molar-refractivity contribution < 1.29 is 22.7 Å². The molecule has 0 aromatic heterocycles. The number of aryl methyl sites for hydroxylation is 1. The minimum atomic E-state index is -3.48. The number of carbonyl (C=O) groups excluding carboxylic acids is 2. The van der Waals surface area contributed by atoms with Crippen LogP contribution in [0.4, 0.5) is 11.4 Å². The fraction of sp³-hybridized carbons (Fsp3) is 0.263. The summed E-state index contributed by atoms with van der Waals surface area (Å²) in [7, 11) is -2.09. The summed E-state index contributed by atoms with van der Waals surface area (Å²) in [5.74, 6) is -0.941. The predicted octanol–water partition coefficient (Wildman–Crippen LogP) is 3.47. The lowest BCUT2D eigenvalue weighted by atomic mass is 10.1. The van der Waals surface area contributed by atoms with Crippen LogP contribution in [0.1, 0.15) is 33.2 Å². The second kappa shape index (κ2) is 8.62. The Kier molecular flexibility index (Phi) is 6.69. The first kappa shape index (κ1) is 21.7. The highest BCUT2D eigenvalue weighted by Crippen LogP contribution is 2.26. The fourth-order valence-electron chi connectivity index (χ4n) is 2.41. The molecule has 2 rings (SSSR count). The summed E-state index contributed by atoms with van der Waals surface area (Å²) in [6, 6.07) is 9.14. The van der Waals surface area contributed by atoms with Crippen LogP contribution in [-0.2, 0) is 14.8 Å². The molecule has 0 atom stereocenters. The number of carbonyl (C=O) groups is 2. The molecule has 7 nitrogen and oxygen atoms in total. The summed E-state index contributed by atoms with van der Waals surface area (Å²) in [5, 5.41) is 2.91. The predicted molar refractivity (Wildman–Crippen MR) is 110 cm³/mol. The first-order valence-electron chi connectivity index (χ1n) is 8.37. The van der Waals surface area contributed by atoms with Crippen LogP contribution >= 0.6 is 11.6 Å². The molecule has 9 heteroatoms.